The van der Waals surface area contributed by atoms with Crippen molar-refractivity contribution in [3.63, 3.8) is 0 Å². The molecule has 0 bridgehead atoms. The van der Waals surface area contributed by atoms with Gasteiger partial charge in [-0.05, 0) is 60.9 Å². The van der Waals surface area contributed by atoms with E-state index >= 15 is 0 Å². The fourth-order valence-corrected chi connectivity index (χ4v) is 4.86. The molecule has 1 fully saturated rings. The van der Waals surface area contributed by atoms with Crippen molar-refractivity contribution in [3.05, 3.63) is 66.0 Å². The van der Waals surface area contributed by atoms with E-state index in [1.807, 2.05) is 0 Å². The van der Waals surface area contributed by atoms with Crippen molar-refractivity contribution in [2.45, 2.75) is 43.0 Å². The van der Waals surface area contributed by atoms with Crippen LogP contribution >= 0.6 is 0 Å². The Balaban J connectivity index is 1.63. The lowest BCUT2D eigenvalue weighted by Crippen LogP contribution is -2.38. The van der Waals surface area contributed by atoms with Gasteiger partial charge >= 0.3 is 0 Å². The average molecular weight is 417 g/mol. The number of amides is 1. The van der Waals surface area contributed by atoms with Crippen LogP contribution in [0.1, 0.15) is 37.7 Å². The molecule has 7 heteroatoms. The van der Waals surface area contributed by atoms with Crippen molar-refractivity contribution in [2.75, 3.05) is 12.4 Å². The van der Waals surface area contributed by atoms with Gasteiger partial charge in [-0.25, -0.2) is 12.8 Å². The minimum absolute atomic E-state index is 0.0460. The molecular formula is C22H25FN2O3S. The quantitative estimate of drug-likeness (QED) is 0.709. The van der Waals surface area contributed by atoms with Crippen LogP contribution in [0.3, 0.4) is 0 Å². The lowest BCUT2D eigenvalue weighted by molar-refractivity contribution is -0.111. The number of benzene rings is 2. The van der Waals surface area contributed by atoms with E-state index in [1.165, 1.54) is 34.6 Å². The van der Waals surface area contributed by atoms with Gasteiger partial charge in [-0.1, -0.05) is 31.4 Å². The van der Waals surface area contributed by atoms with Crippen LogP contribution in [0.2, 0.25) is 0 Å². The maximum atomic E-state index is 12.9. The van der Waals surface area contributed by atoms with E-state index in [1.54, 1.807) is 37.4 Å². The third kappa shape index (κ3) is 5.52. The largest absolute Gasteiger partial charge is 0.323 e. The van der Waals surface area contributed by atoms with E-state index in [2.05, 4.69) is 5.32 Å². The molecule has 2 aromatic carbocycles. The maximum Gasteiger partial charge on any atom is 0.248 e. The lowest BCUT2D eigenvalue weighted by atomic mass is 9.96. The molecule has 29 heavy (non-hydrogen) atoms. The number of carbonyl (C=O) groups is 1. The van der Waals surface area contributed by atoms with Crippen LogP contribution in [-0.4, -0.2) is 31.7 Å². The predicted molar refractivity (Wildman–Crippen MR) is 112 cm³/mol. The summed E-state index contributed by atoms with van der Waals surface area (Å²) in [6.07, 6.45) is 7.98. The van der Waals surface area contributed by atoms with Crippen LogP contribution in [0.5, 0.6) is 0 Å². The molecule has 154 valence electrons. The third-order valence-electron chi connectivity index (χ3n) is 5.18. The zero-order valence-corrected chi connectivity index (χ0v) is 17.2. The highest BCUT2D eigenvalue weighted by molar-refractivity contribution is 7.89. The number of sulfonamides is 1. The second-order valence-corrected chi connectivity index (χ2v) is 9.21. The van der Waals surface area contributed by atoms with Crippen LogP contribution in [0.4, 0.5) is 10.1 Å². The number of hydrogen-bond donors (Lipinski definition) is 1. The summed E-state index contributed by atoms with van der Waals surface area (Å²) in [5.74, 6) is -0.694. The SMILES string of the molecule is CN(C1CCCCC1)S(=O)(=O)c1ccc(NC(=O)/C=C/c2ccc(F)cc2)cc1. The molecule has 0 heterocycles. The summed E-state index contributed by atoms with van der Waals surface area (Å²) >= 11 is 0. The molecular weight excluding hydrogens is 391 g/mol. The second-order valence-electron chi connectivity index (χ2n) is 7.21. The first kappa shape index (κ1) is 21.2. The third-order valence-corrected chi connectivity index (χ3v) is 7.11. The molecule has 2 aromatic rings. The monoisotopic (exact) mass is 416 g/mol. The minimum Gasteiger partial charge on any atom is -0.323 e. The van der Waals surface area contributed by atoms with Crippen LogP contribution in [0.25, 0.3) is 6.08 Å². The van der Waals surface area contributed by atoms with Gasteiger partial charge in [0.1, 0.15) is 5.82 Å². The van der Waals surface area contributed by atoms with Gasteiger partial charge in [-0.15, -0.1) is 0 Å². The molecule has 5 nitrogen and oxygen atoms in total. The van der Waals surface area contributed by atoms with E-state index in [0.717, 1.165) is 32.1 Å². The van der Waals surface area contributed by atoms with Gasteiger partial charge in [0.2, 0.25) is 15.9 Å². The first-order valence-corrected chi connectivity index (χ1v) is 11.1. The van der Waals surface area contributed by atoms with Gasteiger partial charge < -0.3 is 5.32 Å². The summed E-state index contributed by atoms with van der Waals surface area (Å²) in [5, 5.41) is 2.69. The molecule has 0 saturated heterocycles. The Bertz CT molecular complexity index is 964. The number of anilines is 1. The molecule has 0 atom stereocenters. The van der Waals surface area contributed by atoms with Crippen molar-refractivity contribution in [1.29, 1.82) is 0 Å². The normalized spacial score (nSPS) is 15.7. The van der Waals surface area contributed by atoms with E-state index < -0.39 is 10.0 Å². The number of nitrogens with zero attached hydrogens (tertiary/aromatic N) is 1. The fraction of sp³-hybridized carbons (Fsp3) is 0.318. The van der Waals surface area contributed by atoms with Crippen molar-refractivity contribution < 1.29 is 17.6 Å². The smallest absolute Gasteiger partial charge is 0.248 e. The van der Waals surface area contributed by atoms with Gasteiger partial charge in [0.05, 0.1) is 4.90 Å². The molecule has 1 amide bonds. The van der Waals surface area contributed by atoms with E-state index in [0.29, 0.717) is 11.3 Å². The number of nitrogens with one attached hydrogen (secondary N) is 1. The van der Waals surface area contributed by atoms with Gasteiger partial charge in [-0.3, -0.25) is 4.79 Å². The summed E-state index contributed by atoms with van der Waals surface area (Å²) in [4.78, 5) is 12.3. The molecule has 1 saturated carbocycles. The van der Waals surface area contributed by atoms with Crippen LogP contribution in [0.15, 0.2) is 59.5 Å². The Morgan fingerprint density at radius 2 is 1.66 bits per heavy atom. The maximum absolute atomic E-state index is 12.9. The molecule has 0 spiro atoms. The number of carbonyl (C=O) groups excluding carboxylic acids is 1. The Kier molecular flexibility index (Phi) is 6.82. The van der Waals surface area contributed by atoms with E-state index in [4.69, 9.17) is 0 Å². The summed E-state index contributed by atoms with van der Waals surface area (Å²) in [5.41, 5.74) is 1.20. The summed E-state index contributed by atoms with van der Waals surface area (Å²) in [6.45, 7) is 0. The Morgan fingerprint density at radius 3 is 2.28 bits per heavy atom. The van der Waals surface area contributed by atoms with Crippen molar-refractivity contribution >= 4 is 27.7 Å². The van der Waals surface area contributed by atoms with Gasteiger partial charge in [0.25, 0.3) is 0 Å². The molecule has 3 rings (SSSR count). The Labute approximate surface area is 171 Å². The van der Waals surface area contributed by atoms with E-state index in [9.17, 15) is 17.6 Å². The second kappa shape index (κ2) is 9.33. The van der Waals surface area contributed by atoms with Crippen molar-refractivity contribution in [1.82, 2.24) is 4.31 Å². The minimum atomic E-state index is -3.56. The topological polar surface area (TPSA) is 66.5 Å². The molecule has 1 aliphatic rings. The zero-order chi connectivity index (χ0) is 20.9. The molecule has 1 aliphatic carbocycles. The summed E-state index contributed by atoms with van der Waals surface area (Å²) in [7, 11) is -1.92. The highest BCUT2D eigenvalue weighted by Crippen LogP contribution is 2.27. The first-order valence-electron chi connectivity index (χ1n) is 9.69. The fourth-order valence-electron chi connectivity index (χ4n) is 3.45. The number of halogens is 1. The molecule has 0 unspecified atom stereocenters. The molecule has 1 N–H and O–H groups in total. The molecule has 0 radical (unpaired) electrons. The highest BCUT2D eigenvalue weighted by Gasteiger charge is 2.28. The van der Waals surface area contributed by atoms with Crippen LogP contribution in [-0.2, 0) is 14.8 Å². The lowest BCUT2D eigenvalue weighted by Gasteiger charge is -2.30. The average Bonchev–Trinajstić information content (AvgIpc) is 2.74. The molecule has 0 aliphatic heterocycles. The van der Waals surface area contributed by atoms with E-state index in [-0.39, 0.29) is 22.7 Å². The number of rotatable bonds is 6. The highest BCUT2D eigenvalue weighted by atomic mass is 32.2. The predicted octanol–water partition coefficient (Wildman–Crippen LogP) is 4.43. The number of hydrogen-bond acceptors (Lipinski definition) is 3. The van der Waals surface area contributed by atoms with Crippen molar-refractivity contribution in [2.24, 2.45) is 0 Å². The van der Waals surface area contributed by atoms with Gasteiger partial charge in [-0.2, -0.15) is 4.31 Å². The zero-order valence-electron chi connectivity index (χ0n) is 16.3. The van der Waals surface area contributed by atoms with Crippen LogP contribution < -0.4 is 5.32 Å². The Hall–Kier alpha value is -2.51. The molecule has 0 aromatic heterocycles. The summed E-state index contributed by atoms with van der Waals surface area (Å²) < 4.78 is 40.1. The van der Waals surface area contributed by atoms with Crippen LogP contribution in [0, 0.1) is 5.82 Å². The standard InChI is InChI=1S/C22H25FN2O3S/c1-25(20-5-3-2-4-6-20)29(27,28)21-14-12-19(13-15-21)24-22(26)16-9-17-7-10-18(23)11-8-17/h7-16,20H,2-6H2,1H3,(H,24,26)/b16-9+. The Morgan fingerprint density at radius 1 is 1.03 bits per heavy atom. The van der Waals surface area contributed by atoms with Gasteiger partial charge in [0, 0.05) is 24.9 Å². The summed E-state index contributed by atoms with van der Waals surface area (Å²) in [6, 6.07) is 12.0. The van der Waals surface area contributed by atoms with Crippen molar-refractivity contribution in [3.8, 4) is 0 Å². The first-order chi connectivity index (χ1) is 13.9. The van der Waals surface area contributed by atoms with Gasteiger partial charge in [0.15, 0.2) is 0 Å².